The quantitative estimate of drug-likeness (QED) is 0.485. The van der Waals surface area contributed by atoms with E-state index in [2.05, 4.69) is 10.3 Å². The van der Waals surface area contributed by atoms with E-state index in [9.17, 15) is 4.39 Å². The van der Waals surface area contributed by atoms with Crippen molar-refractivity contribution in [1.82, 2.24) is 4.98 Å². The Morgan fingerprint density at radius 3 is 2.71 bits per heavy atom. The number of nitrogen functional groups attached to an aromatic ring is 1. The average molecular weight is 335 g/mol. The van der Waals surface area contributed by atoms with Crippen molar-refractivity contribution in [3.63, 3.8) is 0 Å². The van der Waals surface area contributed by atoms with Gasteiger partial charge in [-0.1, -0.05) is 12.1 Å². The van der Waals surface area contributed by atoms with Crippen molar-refractivity contribution in [3.8, 4) is 0 Å². The fourth-order valence-electron chi connectivity index (χ4n) is 2.61. The van der Waals surface area contributed by atoms with Crippen LogP contribution in [-0.4, -0.2) is 50.9 Å². The predicted octanol–water partition coefficient (Wildman–Crippen LogP) is 2.53. The first-order valence-corrected chi connectivity index (χ1v) is 7.97. The molecule has 4 N–H and O–H groups in total. The molecule has 1 aromatic carbocycles. The maximum Gasteiger partial charge on any atom is 0.148 e. The van der Waals surface area contributed by atoms with Gasteiger partial charge in [-0.2, -0.15) is 0 Å². The molecule has 6 nitrogen and oxygen atoms in total. The number of aromatic amines is 1. The summed E-state index contributed by atoms with van der Waals surface area (Å²) >= 11 is 0. The number of nitrogens with one attached hydrogen (secondary N) is 2. The summed E-state index contributed by atoms with van der Waals surface area (Å²) in [5, 5.41) is 4.42. The molecule has 7 heteroatoms. The number of nitrogens with two attached hydrogens (primary N) is 1. The molecule has 130 valence electrons. The Morgan fingerprint density at radius 1 is 1.08 bits per heavy atom. The van der Waals surface area contributed by atoms with Crippen LogP contribution in [0.2, 0.25) is 0 Å². The van der Waals surface area contributed by atoms with Crippen LogP contribution < -0.4 is 11.1 Å². The van der Waals surface area contributed by atoms with Crippen LogP contribution >= 0.6 is 0 Å². The van der Waals surface area contributed by atoms with Gasteiger partial charge in [0.05, 0.1) is 33.0 Å². The highest BCUT2D eigenvalue weighted by Crippen LogP contribution is 2.31. The van der Waals surface area contributed by atoms with Crippen molar-refractivity contribution in [1.29, 1.82) is 0 Å². The third kappa shape index (κ3) is 4.05. The number of ether oxygens (including phenoxy) is 3. The number of H-pyrrole nitrogens is 1. The lowest BCUT2D eigenvalue weighted by Gasteiger charge is -2.20. The Balaban J connectivity index is 1.44. The topological polar surface area (TPSA) is 81.5 Å². The lowest BCUT2D eigenvalue weighted by atomic mass is 10.1. The van der Waals surface area contributed by atoms with Crippen molar-refractivity contribution in [3.05, 3.63) is 29.8 Å². The summed E-state index contributed by atoms with van der Waals surface area (Å²) < 4.78 is 27.9. The van der Waals surface area contributed by atoms with E-state index in [0.717, 1.165) is 28.0 Å². The minimum atomic E-state index is -0.467. The largest absolute Gasteiger partial charge is 0.399 e. The zero-order valence-corrected chi connectivity index (χ0v) is 13.4. The van der Waals surface area contributed by atoms with Gasteiger partial charge >= 0.3 is 0 Å². The smallest absolute Gasteiger partial charge is 0.148 e. The van der Waals surface area contributed by atoms with Crippen LogP contribution in [0, 0.1) is 0 Å². The highest BCUT2D eigenvalue weighted by Gasteiger charge is 2.17. The van der Waals surface area contributed by atoms with Gasteiger partial charge in [0.2, 0.25) is 0 Å². The molecule has 0 aliphatic carbocycles. The van der Waals surface area contributed by atoms with Crippen molar-refractivity contribution in [2.75, 3.05) is 50.8 Å². The van der Waals surface area contributed by atoms with E-state index < -0.39 is 6.67 Å². The molecule has 0 saturated heterocycles. The number of hydrogen-bond donors (Lipinski definition) is 3. The minimum Gasteiger partial charge on any atom is -0.399 e. The third-order valence-corrected chi connectivity index (χ3v) is 3.71. The summed E-state index contributed by atoms with van der Waals surface area (Å²) in [7, 11) is 0. The van der Waals surface area contributed by atoms with E-state index in [1.54, 1.807) is 0 Å². The zero-order valence-electron chi connectivity index (χ0n) is 13.4. The van der Waals surface area contributed by atoms with E-state index in [4.69, 9.17) is 19.9 Å². The van der Waals surface area contributed by atoms with Crippen LogP contribution in [0.5, 0.6) is 0 Å². The molecule has 1 unspecified atom stereocenters. The van der Waals surface area contributed by atoms with Crippen LogP contribution in [0.3, 0.4) is 0 Å². The average Bonchev–Trinajstić information content (AvgIpc) is 2.93. The Morgan fingerprint density at radius 2 is 1.88 bits per heavy atom. The molecular weight excluding hydrogens is 313 g/mol. The summed E-state index contributed by atoms with van der Waals surface area (Å²) in [6.45, 7) is 1.40. The number of hydrogen-bond acceptors (Lipinski definition) is 5. The molecule has 1 aliphatic heterocycles. The van der Waals surface area contributed by atoms with Gasteiger partial charge in [-0.05, 0) is 18.2 Å². The van der Waals surface area contributed by atoms with Crippen LogP contribution in [0.15, 0.2) is 24.3 Å². The van der Waals surface area contributed by atoms with Gasteiger partial charge in [-0.25, -0.2) is 4.39 Å². The van der Waals surface area contributed by atoms with E-state index >= 15 is 0 Å². The molecule has 0 bridgehead atoms. The summed E-state index contributed by atoms with van der Waals surface area (Å²) in [4.78, 5) is 3.32. The molecule has 1 aromatic heterocycles. The van der Waals surface area contributed by atoms with Gasteiger partial charge in [0.1, 0.15) is 18.7 Å². The van der Waals surface area contributed by atoms with E-state index in [0.29, 0.717) is 26.4 Å². The van der Waals surface area contributed by atoms with Crippen molar-refractivity contribution in [2.24, 2.45) is 0 Å². The lowest BCUT2D eigenvalue weighted by Crippen LogP contribution is -2.25. The number of rotatable bonds is 9. The van der Waals surface area contributed by atoms with Gasteiger partial charge in [0, 0.05) is 22.2 Å². The molecule has 0 amide bonds. The van der Waals surface area contributed by atoms with Crippen LogP contribution in [0.1, 0.15) is 5.56 Å². The number of aromatic nitrogens is 1. The Labute approximate surface area is 139 Å². The second kappa shape index (κ2) is 8.14. The molecule has 0 spiro atoms. The third-order valence-electron chi connectivity index (χ3n) is 3.71. The maximum atomic E-state index is 11.8. The molecular formula is C17H22FN3O3. The number of alkyl halides is 1. The highest BCUT2D eigenvalue weighted by atomic mass is 19.1. The summed E-state index contributed by atoms with van der Waals surface area (Å²) in [6, 6.07) is 5.81. The number of anilines is 2. The van der Waals surface area contributed by atoms with E-state index in [1.807, 2.05) is 30.4 Å². The summed E-state index contributed by atoms with van der Waals surface area (Å²) in [5.41, 5.74) is 8.64. The molecule has 3 rings (SSSR count). The maximum absolute atomic E-state index is 11.8. The van der Waals surface area contributed by atoms with Crippen molar-refractivity contribution < 1.29 is 18.6 Å². The van der Waals surface area contributed by atoms with Crippen molar-refractivity contribution in [2.45, 2.75) is 6.23 Å². The Kier molecular flexibility index (Phi) is 5.68. The molecule has 0 saturated carbocycles. The minimum absolute atomic E-state index is 0.120. The van der Waals surface area contributed by atoms with Gasteiger partial charge in [0.15, 0.2) is 0 Å². The van der Waals surface area contributed by atoms with E-state index in [-0.39, 0.29) is 12.8 Å². The van der Waals surface area contributed by atoms with Gasteiger partial charge in [-0.15, -0.1) is 0 Å². The standard InChI is InChI=1S/C17H22FN3O3/c18-5-6-22-7-8-23-9-10-24-16-4-3-14-13-2-1-12(19)11-15(13)20-17(14)21-16/h1-4,11,16,20-21H,5-10,19H2. The number of halogens is 1. The van der Waals surface area contributed by atoms with Gasteiger partial charge in [-0.3, -0.25) is 0 Å². The number of fused-ring (bicyclic) bond motifs is 3. The SMILES string of the molecule is Nc1ccc2c3c([nH]c2c1)NC(OCCOCCOCCF)C=C3. The first-order chi connectivity index (χ1) is 11.8. The predicted molar refractivity (Wildman–Crippen MR) is 92.7 cm³/mol. The Hall–Kier alpha value is -2.09. The van der Waals surface area contributed by atoms with Crippen molar-refractivity contribution >= 4 is 28.5 Å². The van der Waals surface area contributed by atoms with Crippen LogP contribution in [-0.2, 0) is 14.2 Å². The normalized spacial score (nSPS) is 16.3. The molecule has 1 aliphatic rings. The van der Waals surface area contributed by atoms with Gasteiger partial charge in [0.25, 0.3) is 0 Å². The van der Waals surface area contributed by atoms with Gasteiger partial charge < -0.3 is 30.2 Å². The fraction of sp³-hybridized carbons (Fsp3) is 0.412. The molecule has 24 heavy (non-hydrogen) atoms. The fourth-order valence-corrected chi connectivity index (χ4v) is 2.61. The summed E-state index contributed by atoms with van der Waals surface area (Å²) in [5.74, 6) is 0.920. The molecule has 1 atom stereocenters. The van der Waals surface area contributed by atoms with E-state index in [1.165, 1.54) is 0 Å². The van der Waals surface area contributed by atoms with Crippen LogP contribution in [0.4, 0.5) is 15.9 Å². The monoisotopic (exact) mass is 335 g/mol. The first-order valence-electron chi connectivity index (χ1n) is 7.97. The second-order valence-corrected chi connectivity index (χ2v) is 5.43. The second-order valence-electron chi connectivity index (χ2n) is 5.43. The molecule has 2 heterocycles. The molecule has 2 aromatic rings. The first kappa shape index (κ1) is 16.8. The van der Waals surface area contributed by atoms with Crippen LogP contribution in [0.25, 0.3) is 17.0 Å². The Bertz CT molecular complexity index is 702. The summed E-state index contributed by atoms with van der Waals surface area (Å²) in [6.07, 6.45) is 3.79. The highest BCUT2D eigenvalue weighted by molar-refractivity contribution is 5.97. The molecule has 0 radical (unpaired) electrons. The lowest BCUT2D eigenvalue weighted by molar-refractivity contribution is 0.00449. The number of benzene rings is 1. The zero-order chi connectivity index (χ0) is 16.8. The molecule has 0 fully saturated rings.